The van der Waals surface area contributed by atoms with Crippen LogP contribution in [0.15, 0.2) is 41.3 Å². The zero-order valence-electron chi connectivity index (χ0n) is 25.5. The molecule has 3 amide bonds. The van der Waals surface area contributed by atoms with Crippen LogP contribution in [0.4, 0.5) is 8.78 Å². The van der Waals surface area contributed by atoms with Crippen LogP contribution < -0.4 is 5.32 Å². The van der Waals surface area contributed by atoms with Crippen LogP contribution in [0.5, 0.6) is 0 Å². The molecule has 7 nitrogen and oxygen atoms in total. The van der Waals surface area contributed by atoms with Gasteiger partial charge in [0.15, 0.2) is 11.6 Å². The molecule has 5 rings (SSSR count). The highest BCUT2D eigenvalue weighted by molar-refractivity contribution is 7.97. The number of fused-ring (bicyclic) bond motifs is 1. The summed E-state index contributed by atoms with van der Waals surface area (Å²) in [6.07, 6.45) is 6.85. The minimum absolute atomic E-state index is 0.0194. The van der Waals surface area contributed by atoms with Crippen LogP contribution in [0.25, 0.3) is 0 Å². The molecule has 0 aromatic heterocycles. The Kier molecular flexibility index (Phi) is 12.0. The van der Waals surface area contributed by atoms with Gasteiger partial charge in [0.1, 0.15) is 18.2 Å². The summed E-state index contributed by atoms with van der Waals surface area (Å²) in [6.45, 7) is 7.82. The first-order valence-electron chi connectivity index (χ1n) is 15.1. The Morgan fingerprint density at radius 3 is 2.27 bits per heavy atom. The highest BCUT2D eigenvalue weighted by atomic mass is 35.5. The van der Waals surface area contributed by atoms with Gasteiger partial charge in [-0.25, -0.2) is 13.1 Å². The lowest BCUT2D eigenvalue weighted by atomic mass is 9.91. The van der Waals surface area contributed by atoms with Gasteiger partial charge in [-0.1, -0.05) is 68.3 Å². The van der Waals surface area contributed by atoms with Crippen LogP contribution in [-0.2, 0) is 20.8 Å². The molecule has 2 saturated heterocycles. The molecule has 1 N–H and O–H groups in total. The zero-order chi connectivity index (χ0) is 32.1. The predicted octanol–water partition coefficient (Wildman–Crippen LogP) is 6.70. The molecular weight excluding hydrogens is 629 g/mol. The average Bonchev–Trinajstić information content (AvgIpc) is 2.96. The molecule has 0 spiro atoms. The van der Waals surface area contributed by atoms with E-state index in [-0.39, 0.29) is 31.5 Å². The molecule has 2 aliphatic heterocycles. The van der Waals surface area contributed by atoms with Crippen molar-refractivity contribution in [3.05, 3.63) is 63.6 Å². The topological polar surface area (TPSA) is 73.0 Å². The maximum absolute atomic E-state index is 14.0. The van der Waals surface area contributed by atoms with Crippen LogP contribution in [-0.4, -0.2) is 69.2 Å². The number of hydrogen-bond donors (Lipinski definition) is 1. The van der Waals surface area contributed by atoms with Crippen molar-refractivity contribution >= 4 is 52.9 Å². The number of benzene rings is 2. The summed E-state index contributed by atoms with van der Waals surface area (Å²) in [6, 6.07) is 6.42. The number of nitrogens with zero attached hydrogens (tertiary/aromatic N) is 3. The third-order valence-corrected chi connectivity index (χ3v) is 10.1. The third-order valence-electron chi connectivity index (χ3n) is 8.25. The SMILES string of the molecule is CC(=O)NC1CN(Sc2ccc(Cl)cc2Cl)C2CN(C(C)C)C(=O)C(Cc3ccc(F)c(F)c3)N2C1=O.CC1CCCCC1. The Bertz CT molecular complexity index is 1360. The first-order chi connectivity index (χ1) is 20.8. The Hall–Kier alpha value is -2.40. The van der Waals surface area contributed by atoms with E-state index in [0.29, 0.717) is 20.5 Å². The number of piperazine rings is 1. The monoisotopic (exact) mass is 668 g/mol. The fourth-order valence-corrected chi connectivity index (χ4v) is 7.49. The van der Waals surface area contributed by atoms with Gasteiger partial charge in [-0.2, -0.15) is 0 Å². The van der Waals surface area contributed by atoms with E-state index in [1.807, 2.05) is 18.2 Å². The highest BCUT2D eigenvalue weighted by Gasteiger charge is 2.51. The molecule has 1 aliphatic carbocycles. The quantitative estimate of drug-likeness (QED) is 0.347. The van der Waals surface area contributed by atoms with Crippen molar-refractivity contribution < 1.29 is 23.2 Å². The maximum Gasteiger partial charge on any atom is 0.248 e. The van der Waals surface area contributed by atoms with E-state index in [1.54, 1.807) is 23.1 Å². The number of rotatable bonds is 6. The smallest absolute Gasteiger partial charge is 0.248 e. The number of carbonyl (C=O) groups is 3. The van der Waals surface area contributed by atoms with Crippen molar-refractivity contribution in [2.24, 2.45) is 5.92 Å². The lowest BCUT2D eigenvalue weighted by Crippen LogP contribution is -2.74. The van der Waals surface area contributed by atoms with Crippen molar-refractivity contribution in [2.45, 2.75) is 95.4 Å². The molecule has 1 saturated carbocycles. The average molecular weight is 670 g/mol. The van der Waals surface area contributed by atoms with Gasteiger partial charge in [0.25, 0.3) is 0 Å². The second-order valence-corrected chi connectivity index (χ2v) is 14.0. The Labute approximate surface area is 272 Å². The molecule has 2 heterocycles. The van der Waals surface area contributed by atoms with E-state index in [1.165, 1.54) is 61.9 Å². The summed E-state index contributed by atoms with van der Waals surface area (Å²) in [5.74, 6) is -2.11. The Morgan fingerprint density at radius 1 is 1.00 bits per heavy atom. The van der Waals surface area contributed by atoms with Crippen LogP contribution in [0.1, 0.15) is 65.4 Å². The van der Waals surface area contributed by atoms with Gasteiger partial charge in [-0.3, -0.25) is 14.4 Å². The first-order valence-corrected chi connectivity index (χ1v) is 16.6. The van der Waals surface area contributed by atoms with Crippen LogP contribution in [0, 0.1) is 17.6 Å². The zero-order valence-corrected chi connectivity index (χ0v) is 27.8. The lowest BCUT2D eigenvalue weighted by Gasteiger charge is -2.54. The molecule has 3 atom stereocenters. The number of nitrogens with one attached hydrogen (secondary N) is 1. The Morgan fingerprint density at radius 2 is 1.70 bits per heavy atom. The van der Waals surface area contributed by atoms with Gasteiger partial charge in [-0.15, -0.1) is 0 Å². The molecule has 3 unspecified atom stereocenters. The number of halogens is 4. The molecule has 0 bridgehead atoms. The fraction of sp³-hybridized carbons (Fsp3) is 0.531. The van der Waals surface area contributed by atoms with E-state index < -0.39 is 41.7 Å². The Balaban J connectivity index is 0.000000555. The van der Waals surface area contributed by atoms with Crippen molar-refractivity contribution in [3.8, 4) is 0 Å². The molecule has 0 radical (unpaired) electrons. The van der Waals surface area contributed by atoms with Crippen LogP contribution >= 0.6 is 35.1 Å². The van der Waals surface area contributed by atoms with Crippen molar-refractivity contribution in [1.29, 1.82) is 0 Å². The summed E-state index contributed by atoms with van der Waals surface area (Å²) < 4.78 is 29.5. The molecule has 12 heteroatoms. The van der Waals surface area contributed by atoms with E-state index in [0.717, 1.165) is 18.1 Å². The summed E-state index contributed by atoms with van der Waals surface area (Å²) in [7, 11) is 0. The molecule has 3 fully saturated rings. The molecule has 44 heavy (non-hydrogen) atoms. The van der Waals surface area contributed by atoms with Crippen molar-refractivity contribution in [3.63, 3.8) is 0 Å². The summed E-state index contributed by atoms with van der Waals surface area (Å²) in [5, 5.41) is 3.57. The summed E-state index contributed by atoms with van der Waals surface area (Å²) in [5.41, 5.74) is 0.371. The first kappa shape index (κ1) is 34.5. The van der Waals surface area contributed by atoms with Crippen LogP contribution in [0.2, 0.25) is 10.0 Å². The van der Waals surface area contributed by atoms with Gasteiger partial charge in [0.2, 0.25) is 17.7 Å². The third kappa shape index (κ3) is 8.44. The number of amides is 3. The largest absolute Gasteiger partial charge is 0.343 e. The van der Waals surface area contributed by atoms with Gasteiger partial charge < -0.3 is 15.1 Å². The second kappa shape index (κ2) is 15.3. The van der Waals surface area contributed by atoms with Gasteiger partial charge in [0.05, 0.1) is 11.6 Å². The van der Waals surface area contributed by atoms with Crippen molar-refractivity contribution in [1.82, 2.24) is 19.4 Å². The summed E-state index contributed by atoms with van der Waals surface area (Å²) in [4.78, 5) is 43.1. The molecule has 2 aromatic carbocycles. The van der Waals surface area contributed by atoms with Gasteiger partial charge in [0, 0.05) is 35.8 Å². The number of carbonyl (C=O) groups excluding carboxylic acids is 3. The van der Waals surface area contributed by atoms with E-state index in [2.05, 4.69) is 12.2 Å². The van der Waals surface area contributed by atoms with Crippen LogP contribution in [0.3, 0.4) is 0 Å². The minimum Gasteiger partial charge on any atom is -0.343 e. The minimum atomic E-state index is -1.03. The molecule has 2 aromatic rings. The van der Waals surface area contributed by atoms with Gasteiger partial charge >= 0.3 is 0 Å². The highest BCUT2D eigenvalue weighted by Crippen LogP contribution is 2.38. The molecular formula is C32H40Cl2F2N4O3S. The molecule has 3 aliphatic rings. The van der Waals surface area contributed by atoms with Crippen molar-refractivity contribution in [2.75, 3.05) is 13.1 Å². The fourth-order valence-electron chi connectivity index (χ4n) is 5.94. The maximum atomic E-state index is 14.0. The summed E-state index contributed by atoms with van der Waals surface area (Å²) >= 11 is 13.8. The van der Waals surface area contributed by atoms with Gasteiger partial charge in [-0.05, 0) is 67.6 Å². The predicted molar refractivity (Wildman–Crippen MR) is 170 cm³/mol. The second-order valence-electron chi connectivity index (χ2n) is 12.0. The van der Waals surface area contributed by atoms with E-state index in [4.69, 9.17) is 23.2 Å². The number of hydrogen-bond acceptors (Lipinski definition) is 5. The standard InChI is InChI=1S/C25H26Cl2F2N4O3S.C7H14/c1-13(2)31-12-23-32(37-22-7-5-16(26)10-17(22)27)11-20(30-14(3)34)24(35)33(23)21(25(31)36)9-15-4-6-18(28)19(29)8-15;1-7-5-3-2-4-6-7/h4-8,10,13,20-21,23H,9,11-12H2,1-3H3,(H,30,34);7H,2-6H2,1H3. The van der Waals surface area contributed by atoms with E-state index >= 15 is 0 Å². The molecule has 240 valence electrons. The lowest BCUT2D eigenvalue weighted by molar-refractivity contribution is -0.168. The normalized spacial score (nSPS) is 22.9. The van der Waals surface area contributed by atoms with E-state index in [9.17, 15) is 23.2 Å².